The van der Waals surface area contributed by atoms with Crippen LogP contribution in [0.25, 0.3) is 22.0 Å². The maximum atomic E-state index is 13.0. The lowest BCUT2D eigenvalue weighted by molar-refractivity contribution is 0.0935. The fourth-order valence-electron chi connectivity index (χ4n) is 4.46. The van der Waals surface area contributed by atoms with Crippen molar-refractivity contribution in [1.82, 2.24) is 9.88 Å². The van der Waals surface area contributed by atoms with E-state index < -0.39 is 0 Å². The Morgan fingerprint density at radius 2 is 1.47 bits per heavy atom. The highest BCUT2D eigenvalue weighted by atomic mass is 16.1. The summed E-state index contributed by atoms with van der Waals surface area (Å²) in [6.45, 7) is 2.88. The van der Waals surface area contributed by atoms with Gasteiger partial charge in [-0.1, -0.05) is 91.9 Å². The number of rotatable bonds is 7. The number of amides is 1. The van der Waals surface area contributed by atoms with E-state index in [9.17, 15) is 4.79 Å². The second-order valence-corrected chi connectivity index (χ2v) is 8.63. The quantitative estimate of drug-likeness (QED) is 0.282. The molecule has 1 aromatic heterocycles. The number of hydrogen-bond acceptors (Lipinski definition) is 1. The minimum absolute atomic E-state index is 0.00727. The minimum Gasteiger partial charge on any atom is -0.345 e. The number of carbonyl (C=O) groups excluding carboxylic acids is 1. The number of carbonyl (C=O) groups is 1. The van der Waals surface area contributed by atoms with Crippen LogP contribution in [0.3, 0.4) is 0 Å². The van der Waals surface area contributed by atoms with Crippen molar-refractivity contribution in [1.29, 1.82) is 0 Å². The van der Waals surface area contributed by atoms with E-state index in [2.05, 4.69) is 89.7 Å². The number of aromatic nitrogens is 1. The molecule has 3 nitrogen and oxygen atoms in total. The molecular weight excluding hydrogens is 416 g/mol. The fraction of sp³-hybridized carbons (Fsp3) is 0.129. The monoisotopic (exact) mass is 444 g/mol. The van der Waals surface area contributed by atoms with Crippen molar-refractivity contribution in [2.24, 2.45) is 0 Å². The Labute approximate surface area is 200 Å². The van der Waals surface area contributed by atoms with Gasteiger partial charge in [0.2, 0.25) is 0 Å². The van der Waals surface area contributed by atoms with Gasteiger partial charge in [-0.25, -0.2) is 0 Å². The van der Waals surface area contributed by atoms with Gasteiger partial charge in [0.1, 0.15) is 0 Å². The zero-order valence-electron chi connectivity index (χ0n) is 19.3. The molecule has 1 atom stereocenters. The van der Waals surface area contributed by atoms with Crippen LogP contribution >= 0.6 is 0 Å². The third-order valence-corrected chi connectivity index (χ3v) is 6.36. The first-order chi connectivity index (χ1) is 16.7. The standard InChI is InChI=1S/C31H28N2O/c1-2-29(26-11-7-4-8-12-26)32-31(34)28-17-18-30-27(21-28)19-20-33(30)22-23-13-15-25(16-14-23)24-9-5-3-6-10-24/h3-21,29H,2,22H2,1H3,(H,32,34). The largest absolute Gasteiger partial charge is 0.345 e. The summed E-state index contributed by atoms with van der Waals surface area (Å²) in [7, 11) is 0. The zero-order valence-corrected chi connectivity index (χ0v) is 19.3. The Bertz CT molecular complexity index is 1390. The molecule has 3 heteroatoms. The van der Waals surface area contributed by atoms with Gasteiger partial charge >= 0.3 is 0 Å². The Hall–Kier alpha value is -4.11. The van der Waals surface area contributed by atoms with Gasteiger partial charge in [0, 0.05) is 29.2 Å². The summed E-state index contributed by atoms with van der Waals surface area (Å²) in [5.74, 6) is -0.0400. The highest BCUT2D eigenvalue weighted by Gasteiger charge is 2.15. The molecule has 4 aromatic carbocycles. The molecule has 5 rings (SSSR count). The summed E-state index contributed by atoms with van der Waals surface area (Å²) in [5, 5.41) is 4.25. The van der Waals surface area contributed by atoms with Crippen LogP contribution in [0.4, 0.5) is 0 Å². The predicted molar refractivity (Wildman–Crippen MR) is 140 cm³/mol. The second kappa shape index (κ2) is 9.80. The average Bonchev–Trinajstić information content (AvgIpc) is 3.30. The van der Waals surface area contributed by atoms with Crippen molar-refractivity contribution in [2.45, 2.75) is 25.9 Å². The number of benzene rings is 4. The van der Waals surface area contributed by atoms with E-state index in [-0.39, 0.29) is 11.9 Å². The average molecular weight is 445 g/mol. The third-order valence-electron chi connectivity index (χ3n) is 6.36. The smallest absolute Gasteiger partial charge is 0.251 e. The highest BCUT2D eigenvalue weighted by Crippen LogP contribution is 2.23. The van der Waals surface area contributed by atoms with Crippen molar-refractivity contribution in [3.05, 3.63) is 132 Å². The van der Waals surface area contributed by atoms with E-state index in [1.165, 1.54) is 16.7 Å². The Morgan fingerprint density at radius 1 is 0.794 bits per heavy atom. The van der Waals surface area contributed by atoms with Gasteiger partial charge in [-0.2, -0.15) is 0 Å². The first-order valence-corrected chi connectivity index (χ1v) is 11.8. The molecule has 0 fully saturated rings. The third kappa shape index (κ3) is 4.65. The first-order valence-electron chi connectivity index (χ1n) is 11.8. The molecule has 0 aliphatic heterocycles. The molecule has 1 heterocycles. The molecule has 0 aliphatic carbocycles. The number of nitrogens with zero attached hydrogens (tertiary/aromatic N) is 1. The van der Waals surface area contributed by atoms with E-state index in [0.717, 1.165) is 29.4 Å². The number of hydrogen-bond donors (Lipinski definition) is 1. The van der Waals surface area contributed by atoms with E-state index in [4.69, 9.17) is 0 Å². The van der Waals surface area contributed by atoms with Crippen LogP contribution in [0.2, 0.25) is 0 Å². The summed E-state index contributed by atoms with van der Waals surface area (Å²) in [6.07, 6.45) is 2.94. The van der Waals surface area contributed by atoms with Crippen LogP contribution in [0.5, 0.6) is 0 Å². The molecule has 1 amide bonds. The molecular formula is C31H28N2O. The molecule has 0 radical (unpaired) electrons. The number of fused-ring (bicyclic) bond motifs is 1. The van der Waals surface area contributed by atoms with Crippen molar-refractivity contribution in [3.63, 3.8) is 0 Å². The zero-order chi connectivity index (χ0) is 23.3. The number of nitrogens with one attached hydrogen (secondary N) is 1. The van der Waals surface area contributed by atoms with Gasteiger partial charge in [-0.05, 0) is 52.9 Å². The summed E-state index contributed by atoms with van der Waals surface area (Å²) in [6, 6.07) is 37.3. The molecule has 0 spiro atoms. The molecule has 5 aromatic rings. The first kappa shape index (κ1) is 21.7. The van der Waals surface area contributed by atoms with Gasteiger partial charge in [0.25, 0.3) is 5.91 Å². The molecule has 168 valence electrons. The molecule has 34 heavy (non-hydrogen) atoms. The van der Waals surface area contributed by atoms with E-state index >= 15 is 0 Å². The topological polar surface area (TPSA) is 34.0 Å². The maximum Gasteiger partial charge on any atom is 0.251 e. The van der Waals surface area contributed by atoms with E-state index in [1.54, 1.807) is 0 Å². The summed E-state index contributed by atoms with van der Waals surface area (Å²) in [4.78, 5) is 13.0. The van der Waals surface area contributed by atoms with Crippen LogP contribution in [-0.4, -0.2) is 10.5 Å². The summed E-state index contributed by atoms with van der Waals surface area (Å²) in [5.41, 5.74) is 6.63. The Morgan fingerprint density at radius 3 is 2.18 bits per heavy atom. The van der Waals surface area contributed by atoms with Gasteiger partial charge < -0.3 is 9.88 Å². The van der Waals surface area contributed by atoms with E-state index in [0.29, 0.717) is 5.56 Å². The molecule has 0 bridgehead atoms. The normalized spacial score (nSPS) is 11.9. The Balaban J connectivity index is 1.31. The minimum atomic E-state index is -0.0400. The van der Waals surface area contributed by atoms with Gasteiger partial charge in [-0.3, -0.25) is 4.79 Å². The van der Waals surface area contributed by atoms with Crippen LogP contribution in [0, 0.1) is 0 Å². The van der Waals surface area contributed by atoms with Crippen LogP contribution in [0.15, 0.2) is 115 Å². The predicted octanol–water partition coefficient (Wildman–Crippen LogP) is 7.24. The van der Waals surface area contributed by atoms with Crippen molar-refractivity contribution in [2.75, 3.05) is 0 Å². The molecule has 1 N–H and O–H groups in total. The summed E-state index contributed by atoms with van der Waals surface area (Å²) >= 11 is 0. The van der Waals surface area contributed by atoms with E-state index in [1.807, 2.05) is 42.5 Å². The SMILES string of the molecule is CCC(NC(=O)c1ccc2c(ccn2Cc2ccc(-c3ccccc3)cc2)c1)c1ccccc1. The fourth-order valence-corrected chi connectivity index (χ4v) is 4.46. The van der Waals surface area contributed by atoms with Gasteiger partial charge in [0.15, 0.2) is 0 Å². The van der Waals surface area contributed by atoms with Crippen LogP contribution in [-0.2, 0) is 6.54 Å². The highest BCUT2D eigenvalue weighted by molar-refractivity contribution is 5.98. The second-order valence-electron chi connectivity index (χ2n) is 8.63. The van der Waals surface area contributed by atoms with Crippen LogP contribution < -0.4 is 5.32 Å². The van der Waals surface area contributed by atoms with Crippen molar-refractivity contribution in [3.8, 4) is 11.1 Å². The molecule has 0 saturated carbocycles. The maximum absolute atomic E-state index is 13.0. The van der Waals surface area contributed by atoms with Crippen LogP contribution in [0.1, 0.15) is 40.9 Å². The van der Waals surface area contributed by atoms with Crippen molar-refractivity contribution < 1.29 is 4.79 Å². The van der Waals surface area contributed by atoms with Gasteiger partial charge in [0.05, 0.1) is 6.04 Å². The molecule has 0 aliphatic rings. The lowest BCUT2D eigenvalue weighted by atomic mass is 10.0. The van der Waals surface area contributed by atoms with Crippen molar-refractivity contribution >= 4 is 16.8 Å². The summed E-state index contributed by atoms with van der Waals surface area (Å²) < 4.78 is 2.23. The van der Waals surface area contributed by atoms with Gasteiger partial charge in [-0.15, -0.1) is 0 Å². The lowest BCUT2D eigenvalue weighted by Crippen LogP contribution is -2.28. The Kier molecular flexibility index (Phi) is 6.26. The molecule has 1 unspecified atom stereocenters. The lowest BCUT2D eigenvalue weighted by Gasteiger charge is -2.17. The molecule has 0 saturated heterocycles.